The highest BCUT2D eigenvalue weighted by Gasteiger charge is 2.39. The van der Waals surface area contributed by atoms with E-state index in [-0.39, 0.29) is 17.3 Å². The number of halogens is 1. The molecule has 1 amide bonds. The number of amides is 1. The molecule has 0 spiro atoms. The predicted molar refractivity (Wildman–Crippen MR) is 95.9 cm³/mol. The van der Waals surface area contributed by atoms with Crippen LogP contribution in [0.3, 0.4) is 0 Å². The molecule has 1 aromatic carbocycles. The summed E-state index contributed by atoms with van der Waals surface area (Å²) in [5, 5.41) is 3.16. The Balaban J connectivity index is 1.51. The van der Waals surface area contributed by atoms with Crippen LogP contribution < -0.4 is 5.32 Å². The minimum absolute atomic E-state index is 0.0597. The van der Waals surface area contributed by atoms with Gasteiger partial charge in [-0.2, -0.15) is 0 Å². The maximum absolute atomic E-state index is 12.9. The van der Waals surface area contributed by atoms with Gasteiger partial charge in [0.05, 0.1) is 0 Å². The van der Waals surface area contributed by atoms with Crippen molar-refractivity contribution >= 4 is 5.91 Å². The maximum atomic E-state index is 12.9. The highest BCUT2D eigenvalue weighted by molar-refractivity contribution is 5.76. The van der Waals surface area contributed by atoms with Crippen LogP contribution in [-0.2, 0) is 16.0 Å². The number of likely N-dealkylation sites (tertiary alicyclic amines) is 1. The molecule has 0 unspecified atom stereocenters. The average molecular weight is 348 g/mol. The molecule has 2 saturated heterocycles. The summed E-state index contributed by atoms with van der Waals surface area (Å²) >= 11 is 0. The normalized spacial score (nSPS) is 21.0. The van der Waals surface area contributed by atoms with E-state index < -0.39 is 0 Å². The summed E-state index contributed by atoms with van der Waals surface area (Å²) in [7, 11) is 0. The number of piperidine rings is 1. The molecule has 2 aliphatic heterocycles. The van der Waals surface area contributed by atoms with Crippen LogP contribution in [-0.4, -0.2) is 49.2 Å². The van der Waals surface area contributed by atoms with Crippen LogP contribution in [0.15, 0.2) is 24.3 Å². The summed E-state index contributed by atoms with van der Waals surface area (Å²) in [5.41, 5.74) is 1.05. The number of aryl methyl sites for hydroxylation is 1. The Morgan fingerprint density at radius 3 is 2.48 bits per heavy atom. The average Bonchev–Trinajstić information content (AvgIpc) is 2.67. The number of benzene rings is 1. The van der Waals surface area contributed by atoms with E-state index in [1.54, 1.807) is 12.1 Å². The van der Waals surface area contributed by atoms with Crippen molar-refractivity contribution in [1.29, 1.82) is 0 Å². The Hall–Kier alpha value is -1.46. The summed E-state index contributed by atoms with van der Waals surface area (Å²) in [5.74, 6) is -0.164. The monoisotopic (exact) mass is 348 g/mol. The zero-order valence-corrected chi connectivity index (χ0v) is 14.9. The molecule has 4 nitrogen and oxygen atoms in total. The molecule has 0 bridgehead atoms. The lowest BCUT2D eigenvalue weighted by Crippen LogP contribution is -2.59. The Kier molecular flexibility index (Phi) is 6.43. The number of nitrogens with zero attached hydrogens (tertiary/aromatic N) is 1. The maximum Gasteiger partial charge on any atom is 0.220 e. The van der Waals surface area contributed by atoms with Crippen molar-refractivity contribution < 1.29 is 13.9 Å². The van der Waals surface area contributed by atoms with Gasteiger partial charge in [0.25, 0.3) is 0 Å². The third-order valence-electron chi connectivity index (χ3n) is 5.62. The molecule has 0 aromatic heterocycles. The van der Waals surface area contributed by atoms with E-state index >= 15 is 0 Å². The van der Waals surface area contributed by atoms with Gasteiger partial charge in [-0.1, -0.05) is 18.6 Å². The van der Waals surface area contributed by atoms with Gasteiger partial charge in [-0.25, -0.2) is 4.39 Å². The number of rotatable bonds is 6. The predicted octanol–water partition coefficient (Wildman–Crippen LogP) is 2.91. The molecule has 1 aromatic rings. The first-order chi connectivity index (χ1) is 12.2. The zero-order chi connectivity index (χ0) is 17.5. The van der Waals surface area contributed by atoms with Gasteiger partial charge in [-0.3, -0.25) is 9.69 Å². The van der Waals surface area contributed by atoms with Crippen LogP contribution in [0.25, 0.3) is 0 Å². The van der Waals surface area contributed by atoms with Crippen molar-refractivity contribution in [2.75, 3.05) is 32.8 Å². The van der Waals surface area contributed by atoms with Crippen LogP contribution >= 0.6 is 0 Å². The minimum atomic E-state index is -0.240. The third kappa shape index (κ3) is 5.02. The Morgan fingerprint density at radius 2 is 1.80 bits per heavy atom. The largest absolute Gasteiger partial charge is 0.381 e. The fourth-order valence-corrected chi connectivity index (χ4v) is 3.98. The van der Waals surface area contributed by atoms with Crippen molar-refractivity contribution in [3.05, 3.63) is 35.6 Å². The summed E-state index contributed by atoms with van der Waals surface area (Å²) < 4.78 is 18.5. The Bertz CT molecular complexity index is 549. The molecule has 5 heteroatoms. The molecule has 0 aliphatic carbocycles. The van der Waals surface area contributed by atoms with E-state index in [1.807, 2.05) is 0 Å². The first-order valence-electron chi connectivity index (χ1n) is 9.52. The summed E-state index contributed by atoms with van der Waals surface area (Å²) in [4.78, 5) is 14.9. The quantitative estimate of drug-likeness (QED) is 0.859. The number of carbonyl (C=O) groups excluding carboxylic acids is 1. The van der Waals surface area contributed by atoms with Gasteiger partial charge in [0.1, 0.15) is 5.82 Å². The summed E-state index contributed by atoms with van der Waals surface area (Å²) in [6.07, 6.45) is 6.88. The fourth-order valence-electron chi connectivity index (χ4n) is 3.98. The molecule has 0 saturated carbocycles. The highest BCUT2D eigenvalue weighted by Crippen LogP contribution is 2.30. The fraction of sp³-hybridized carbons (Fsp3) is 0.650. The number of ether oxygens (including phenoxy) is 1. The van der Waals surface area contributed by atoms with Gasteiger partial charge < -0.3 is 10.1 Å². The van der Waals surface area contributed by atoms with Gasteiger partial charge in [-0.05, 0) is 62.9 Å². The molecular weight excluding hydrogens is 319 g/mol. The second-order valence-electron chi connectivity index (χ2n) is 7.29. The third-order valence-corrected chi connectivity index (χ3v) is 5.62. The first-order valence-corrected chi connectivity index (χ1v) is 9.52. The van der Waals surface area contributed by atoms with Gasteiger partial charge >= 0.3 is 0 Å². The topological polar surface area (TPSA) is 41.6 Å². The number of nitrogens with one attached hydrogen (secondary N) is 1. The van der Waals surface area contributed by atoms with Gasteiger partial charge in [-0.15, -0.1) is 0 Å². The molecule has 2 aliphatic rings. The molecule has 2 heterocycles. The molecule has 2 fully saturated rings. The SMILES string of the molecule is O=C(CCc1ccc(F)cc1)NCC1(N2CCCCC2)CCOCC1. The van der Waals surface area contributed by atoms with E-state index in [4.69, 9.17) is 4.74 Å². The lowest BCUT2D eigenvalue weighted by atomic mass is 9.86. The lowest BCUT2D eigenvalue weighted by Gasteiger charge is -2.48. The van der Waals surface area contributed by atoms with Crippen molar-refractivity contribution in [2.45, 2.75) is 50.5 Å². The lowest BCUT2D eigenvalue weighted by molar-refractivity contribution is -0.122. The second-order valence-corrected chi connectivity index (χ2v) is 7.29. The number of carbonyl (C=O) groups is 1. The number of hydrogen-bond donors (Lipinski definition) is 1. The van der Waals surface area contributed by atoms with Crippen LogP contribution in [0.5, 0.6) is 0 Å². The summed E-state index contributed by atoms with van der Waals surface area (Å²) in [6.45, 7) is 4.53. The Labute approximate surface area is 149 Å². The van der Waals surface area contributed by atoms with Crippen LogP contribution in [0.1, 0.15) is 44.1 Å². The highest BCUT2D eigenvalue weighted by atomic mass is 19.1. The molecule has 25 heavy (non-hydrogen) atoms. The van der Waals surface area contributed by atoms with Crippen molar-refractivity contribution in [3.63, 3.8) is 0 Å². The van der Waals surface area contributed by atoms with Gasteiger partial charge in [0.15, 0.2) is 0 Å². The Morgan fingerprint density at radius 1 is 1.12 bits per heavy atom. The number of hydrogen-bond acceptors (Lipinski definition) is 3. The standard InChI is InChI=1S/C20H29FN2O2/c21-18-7-4-17(5-8-18)6-9-19(24)22-16-20(10-14-25-15-11-20)23-12-2-1-3-13-23/h4-5,7-8H,1-3,6,9-16H2,(H,22,24). The van der Waals surface area contributed by atoms with Crippen LogP contribution in [0, 0.1) is 5.82 Å². The summed E-state index contributed by atoms with van der Waals surface area (Å²) in [6, 6.07) is 6.38. The van der Waals surface area contributed by atoms with Gasteiger partial charge in [0.2, 0.25) is 5.91 Å². The van der Waals surface area contributed by atoms with E-state index in [0.29, 0.717) is 19.4 Å². The smallest absolute Gasteiger partial charge is 0.220 e. The van der Waals surface area contributed by atoms with E-state index in [0.717, 1.165) is 44.7 Å². The first kappa shape index (κ1) is 18.3. The van der Waals surface area contributed by atoms with E-state index in [2.05, 4.69) is 10.2 Å². The van der Waals surface area contributed by atoms with Crippen molar-refractivity contribution in [1.82, 2.24) is 10.2 Å². The van der Waals surface area contributed by atoms with Crippen molar-refractivity contribution in [2.24, 2.45) is 0 Å². The van der Waals surface area contributed by atoms with Crippen LogP contribution in [0.4, 0.5) is 4.39 Å². The zero-order valence-electron chi connectivity index (χ0n) is 14.9. The minimum Gasteiger partial charge on any atom is -0.381 e. The van der Waals surface area contributed by atoms with Gasteiger partial charge in [0, 0.05) is 31.7 Å². The molecular formula is C20H29FN2O2. The second kappa shape index (κ2) is 8.77. The molecule has 0 radical (unpaired) electrons. The molecule has 3 rings (SSSR count). The molecule has 138 valence electrons. The van der Waals surface area contributed by atoms with Crippen molar-refractivity contribution in [3.8, 4) is 0 Å². The van der Waals surface area contributed by atoms with E-state index in [1.165, 1.54) is 31.4 Å². The van der Waals surface area contributed by atoms with E-state index in [9.17, 15) is 9.18 Å². The van der Waals surface area contributed by atoms with Crippen LogP contribution in [0.2, 0.25) is 0 Å². The molecule has 0 atom stereocenters. The molecule has 1 N–H and O–H groups in total.